The smallest absolute Gasteiger partial charge is 0.243 e. The van der Waals surface area contributed by atoms with E-state index in [-0.39, 0.29) is 17.9 Å². The summed E-state index contributed by atoms with van der Waals surface area (Å²) in [6.45, 7) is 8.18. The van der Waals surface area contributed by atoms with Crippen molar-refractivity contribution < 1.29 is 17.9 Å². The third-order valence-corrected chi connectivity index (χ3v) is 6.61. The van der Waals surface area contributed by atoms with Gasteiger partial charge in [0.1, 0.15) is 5.75 Å². The van der Waals surface area contributed by atoms with E-state index in [1.807, 2.05) is 20.8 Å². The summed E-state index contributed by atoms with van der Waals surface area (Å²) in [4.78, 5) is 12.4. The highest BCUT2D eigenvalue weighted by molar-refractivity contribution is 7.89. The fourth-order valence-corrected chi connectivity index (χ4v) is 4.92. The maximum atomic E-state index is 13.0. The molecule has 25 heavy (non-hydrogen) atoms. The fourth-order valence-electron chi connectivity index (χ4n) is 3.16. The van der Waals surface area contributed by atoms with Crippen LogP contribution in [0.4, 0.5) is 0 Å². The molecule has 0 bridgehead atoms. The molecule has 0 spiro atoms. The van der Waals surface area contributed by atoms with E-state index >= 15 is 0 Å². The van der Waals surface area contributed by atoms with Gasteiger partial charge in [-0.2, -0.15) is 4.31 Å². The summed E-state index contributed by atoms with van der Waals surface area (Å²) in [6, 6.07) is 3.52. The average Bonchev–Trinajstić information content (AvgIpc) is 2.55. The molecule has 7 heteroatoms. The van der Waals surface area contributed by atoms with Gasteiger partial charge in [0.25, 0.3) is 0 Å². The van der Waals surface area contributed by atoms with Crippen LogP contribution in [-0.4, -0.2) is 44.9 Å². The van der Waals surface area contributed by atoms with Gasteiger partial charge in [-0.3, -0.25) is 4.79 Å². The minimum Gasteiger partial charge on any atom is -0.496 e. The number of hydrogen-bond acceptors (Lipinski definition) is 4. The summed E-state index contributed by atoms with van der Waals surface area (Å²) in [5, 5.41) is 2.91. The number of ether oxygens (including phenoxy) is 1. The Morgan fingerprint density at radius 2 is 1.80 bits per heavy atom. The lowest BCUT2D eigenvalue weighted by Crippen LogP contribution is -2.44. The van der Waals surface area contributed by atoms with Crippen molar-refractivity contribution in [1.82, 2.24) is 9.62 Å². The lowest BCUT2D eigenvalue weighted by atomic mass is 9.97. The van der Waals surface area contributed by atoms with Crippen molar-refractivity contribution in [2.24, 2.45) is 5.92 Å². The molecule has 0 saturated carbocycles. The molecule has 1 heterocycles. The number of hydrogen-bond donors (Lipinski definition) is 1. The van der Waals surface area contributed by atoms with Gasteiger partial charge < -0.3 is 10.1 Å². The Labute approximate surface area is 150 Å². The summed E-state index contributed by atoms with van der Waals surface area (Å²) >= 11 is 0. The van der Waals surface area contributed by atoms with Crippen LogP contribution in [0, 0.1) is 19.8 Å². The molecule has 1 aliphatic heterocycles. The first kappa shape index (κ1) is 19.7. The molecule has 1 aromatic rings. The number of sulfonamides is 1. The molecule has 2 rings (SSSR count). The van der Waals surface area contributed by atoms with Crippen LogP contribution in [0.2, 0.25) is 0 Å². The Morgan fingerprint density at radius 3 is 2.32 bits per heavy atom. The standard InChI is InChI=1S/C18H28N2O4S/c1-12(2)19-18(21)15-6-8-20(9-7-15)25(22,23)17-11-13(3)16(24-5)10-14(17)4/h10-12,15H,6-9H2,1-5H3,(H,19,21). The van der Waals surface area contributed by atoms with Crippen molar-refractivity contribution in [1.29, 1.82) is 0 Å². The second kappa shape index (κ2) is 7.74. The topological polar surface area (TPSA) is 75.7 Å². The van der Waals surface area contributed by atoms with E-state index in [1.165, 1.54) is 4.31 Å². The van der Waals surface area contributed by atoms with Crippen molar-refractivity contribution in [2.45, 2.75) is 51.5 Å². The molecule has 1 N–H and O–H groups in total. The first-order valence-electron chi connectivity index (χ1n) is 8.62. The summed E-state index contributed by atoms with van der Waals surface area (Å²) in [5.41, 5.74) is 1.46. The van der Waals surface area contributed by atoms with Gasteiger partial charge in [0.15, 0.2) is 0 Å². The SMILES string of the molecule is COc1cc(C)c(S(=O)(=O)N2CCC(C(=O)NC(C)C)CC2)cc1C. The maximum absolute atomic E-state index is 13.0. The third-order valence-electron chi connectivity index (χ3n) is 4.57. The lowest BCUT2D eigenvalue weighted by Gasteiger charge is -2.31. The van der Waals surface area contributed by atoms with E-state index in [1.54, 1.807) is 26.2 Å². The Balaban J connectivity index is 2.15. The number of carbonyl (C=O) groups is 1. The van der Waals surface area contributed by atoms with Crippen LogP contribution in [0.1, 0.15) is 37.8 Å². The minimum absolute atomic E-state index is 0.0171. The van der Waals surface area contributed by atoms with Crippen LogP contribution in [0.3, 0.4) is 0 Å². The van der Waals surface area contributed by atoms with Crippen molar-refractivity contribution in [3.05, 3.63) is 23.3 Å². The summed E-state index contributed by atoms with van der Waals surface area (Å²) in [6.07, 6.45) is 1.10. The molecule has 0 aliphatic carbocycles. The Hall–Kier alpha value is -1.60. The molecular formula is C18H28N2O4S. The Morgan fingerprint density at radius 1 is 1.20 bits per heavy atom. The minimum atomic E-state index is -3.57. The molecule has 1 aromatic carbocycles. The number of nitrogens with one attached hydrogen (secondary N) is 1. The first-order valence-corrected chi connectivity index (χ1v) is 10.1. The summed E-state index contributed by atoms with van der Waals surface area (Å²) in [5.74, 6) is 0.580. The summed E-state index contributed by atoms with van der Waals surface area (Å²) < 4.78 is 32.7. The quantitative estimate of drug-likeness (QED) is 0.865. The third kappa shape index (κ3) is 4.33. The van der Waals surface area contributed by atoms with E-state index in [2.05, 4.69) is 5.32 Å². The largest absolute Gasteiger partial charge is 0.496 e. The van der Waals surface area contributed by atoms with Gasteiger partial charge >= 0.3 is 0 Å². The zero-order valence-electron chi connectivity index (χ0n) is 15.6. The molecule has 0 atom stereocenters. The average molecular weight is 368 g/mol. The van der Waals surface area contributed by atoms with Crippen molar-refractivity contribution >= 4 is 15.9 Å². The van der Waals surface area contributed by atoms with Crippen LogP contribution < -0.4 is 10.1 Å². The van der Waals surface area contributed by atoms with Gasteiger partial charge in [0.2, 0.25) is 15.9 Å². The molecule has 0 unspecified atom stereocenters. The number of piperidine rings is 1. The van der Waals surface area contributed by atoms with Crippen LogP contribution in [-0.2, 0) is 14.8 Å². The van der Waals surface area contributed by atoms with Gasteiger partial charge in [0, 0.05) is 25.0 Å². The number of nitrogens with zero attached hydrogens (tertiary/aromatic N) is 1. The molecule has 140 valence electrons. The van der Waals surface area contributed by atoms with Crippen molar-refractivity contribution in [2.75, 3.05) is 20.2 Å². The number of methoxy groups -OCH3 is 1. The monoisotopic (exact) mass is 368 g/mol. The predicted octanol–water partition coefficient (Wildman–Crippen LogP) is 2.24. The van der Waals surface area contributed by atoms with Crippen LogP contribution in [0.5, 0.6) is 5.75 Å². The Kier molecular flexibility index (Phi) is 6.11. The van der Waals surface area contributed by atoms with Gasteiger partial charge in [0.05, 0.1) is 12.0 Å². The second-order valence-corrected chi connectivity index (χ2v) is 8.84. The maximum Gasteiger partial charge on any atom is 0.243 e. The Bertz CT molecular complexity index is 736. The van der Waals surface area contributed by atoms with Crippen LogP contribution in [0.25, 0.3) is 0 Å². The highest BCUT2D eigenvalue weighted by Gasteiger charge is 2.33. The van der Waals surface area contributed by atoms with Crippen LogP contribution in [0.15, 0.2) is 17.0 Å². The van der Waals surface area contributed by atoms with Crippen molar-refractivity contribution in [3.8, 4) is 5.75 Å². The lowest BCUT2D eigenvalue weighted by molar-refractivity contribution is -0.126. The number of rotatable bonds is 5. The van der Waals surface area contributed by atoms with E-state index in [0.717, 1.165) is 5.56 Å². The number of benzene rings is 1. The van der Waals surface area contributed by atoms with Crippen molar-refractivity contribution in [3.63, 3.8) is 0 Å². The molecule has 6 nitrogen and oxygen atoms in total. The zero-order valence-corrected chi connectivity index (χ0v) is 16.4. The van der Waals surface area contributed by atoms with E-state index < -0.39 is 10.0 Å². The zero-order chi connectivity index (χ0) is 18.8. The molecule has 0 aromatic heterocycles. The molecule has 1 aliphatic rings. The predicted molar refractivity (Wildman–Crippen MR) is 97.2 cm³/mol. The normalized spacial score (nSPS) is 16.9. The van der Waals surface area contributed by atoms with Gasteiger partial charge in [-0.15, -0.1) is 0 Å². The van der Waals surface area contributed by atoms with Gasteiger partial charge in [-0.05, 0) is 63.8 Å². The molecule has 0 radical (unpaired) electrons. The fraction of sp³-hybridized carbons (Fsp3) is 0.611. The second-order valence-electron chi connectivity index (χ2n) is 6.93. The van der Waals surface area contributed by atoms with E-state index in [0.29, 0.717) is 42.1 Å². The number of aryl methyl sites for hydroxylation is 2. The summed E-state index contributed by atoms with van der Waals surface area (Å²) in [7, 11) is -1.99. The van der Waals surface area contributed by atoms with Gasteiger partial charge in [-0.25, -0.2) is 8.42 Å². The molecule has 1 amide bonds. The van der Waals surface area contributed by atoms with E-state index in [9.17, 15) is 13.2 Å². The number of amides is 1. The molecular weight excluding hydrogens is 340 g/mol. The molecule has 1 saturated heterocycles. The number of carbonyl (C=O) groups excluding carboxylic acids is 1. The highest BCUT2D eigenvalue weighted by atomic mass is 32.2. The molecule has 1 fully saturated rings. The highest BCUT2D eigenvalue weighted by Crippen LogP contribution is 2.30. The van der Waals surface area contributed by atoms with Gasteiger partial charge in [-0.1, -0.05) is 0 Å². The first-order chi connectivity index (χ1) is 11.7. The van der Waals surface area contributed by atoms with E-state index in [4.69, 9.17) is 4.74 Å². The van der Waals surface area contributed by atoms with Crippen LogP contribution >= 0.6 is 0 Å².